The summed E-state index contributed by atoms with van der Waals surface area (Å²) in [7, 11) is 1.97. The normalized spacial score (nSPS) is 10.8. The average molecular weight is 305 g/mol. The number of esters is 1. The highest BCUT2D eigenvalue weighted by Gasteiger charge is 2.09. The maximum Gasteiger partial charge on any atom is 0.307 e. The Kier molecular flexibility index (Phi) is 5.83. The van der Waals surface area contributed by atoms with Crippen molar-refractivity contribution in [1.82, 2.24) is 14.9 Å². The summed E-state index contributed by atoms with van der Waals surface area (Å²) in [6.45, 7) is 3.62. The van der Waals surface area contributed by atoms with Gasteiger partial charge in [-0.3, -0.25) is 14.7 Å². The molecule has 0 spiro atoms. The fraction of sp³-hybridized carbons (Fsp3) is 0.400. The third kappa shape index (κ3) is 4.91. The Hall–Kier alpha value is -1.79. The first-order valence-electron chi connectivity index (χ1n) is 6.89. The van der Waals surface area contributed by atoms with Crippen molar-refractivity contribution < 1.29 is 9.53 Å². The van der Waals surface area contributed by atoms with Crippen LogP contribution >= 0.6 is 11.3 Å². The highest BCUT2D eigenvalue weighted by atomic mass is 32.1. The molecular formula is C15H19N3O2S. The lowest BCUT2D eigenvalue weighted by Gasteiger charge is -2.14. The molecule has 6 heteroatoms. The van der Waals surface area contributed by atoms with Crippen LogP contribution in [0, 0.1) is 0 Å². The summed E-state index contributed by atoms with van der Waals surface area (Å²) < 4.78 is 4.92. The highest BCUT2D eigenvalue weighted by molar-refractivity contribution is 7.13. The smallest absolute Gasteiger partial charge is 0.307 e. The lowest BCUT2D eigenvalue weighted by atomic mass is 10.3. The van der Waals surface area contributed by atoms with Crippen LogP contribution < -0.4 is 0 Å². The second kappa shape index (κ2) is 7.85. The van der Waals surface area contributed by atoms with E-state index in [4.69, 9.17) is 4.74 Å². The van der Waals surface area contributed by atoms with E-state index in [9.17, 15) is 4.79 Å². The van der Waals surface area contributed by atoms with Crippen LogP contribution in [0.5, 0.6) is 0 Å². The van der Waals surface area contributed by atoms with Crippen molar-refractivity contribution in [2.24, 2.45) is 0 Å². The minimum Gasteiger partial charge on any atom is -0.466 e. The van der Waals surface area contributed by atoms with E-state index in [1.165, 1.54) is 0 Å². The summed E-state index contributed by atoms with van der Waals surface area (Å²) in [6, 6.07) is 5.79. The maximum atomic E-state index is 11.3. The molecule has 5 nitrogen and oxygen atoms in total. The van der Waals surface area contributed by atoms with Crippen molar-refractivity contribution in [3.63, 3.8) is 0 Å². The zero-order chi connectivity index (χ0) is 15.1. The van der Waals surface area contributed by atoms with Gasteiger partial charge in [-0.05, 0) is 26.1 Å². The van der Waals surface area contributed by atoms with Gasteiger partial charge in [0.25, 0.3) is 0 Å². The Balaban J connectivity index is 1.86. The van der Waals surface area contributed by atoms with E-state index in [2.05, 4.69) is 14.9 Å². The SMILES string of the molecule is CCOC(=O)CCN(C)Cc1csc(-c2ccccn2)n1. The molecule has 0 aromatic carbocycles. The van der Waals surface area contributed by atoms with E-state index in [0.717, 1.165) is 16.4 Å². The van der Waals surface area contributed by atoms with Gasteiger partial charge in [0.1, 0.15) is 5.01 Å². The van der Waals surface area contributed by atoms with Crippen molar-refractivity contribution in [1.29, 1.82) is 0 Å². The van der Waals surface area contributed by atoms with E-state index in [0.29, 0.717) is 26.1 Å². The van der Waals surface area contributed by atoms with Crippen molar-refractivity contribution in [2.45, 2.75) is 19.9 Å². The number of aromatic nitrogens is 2. The molecular weight excluding hydrogens is 286 g/mol. The van der Waals surface area contributed by atoms with Crippen LogP contribution in [-0.4, -0.2) is 41.0 Å². The van der Waals surface area contributed by atoms with E-state index >= 15 is 0 Å². The van der Waals surface area contributed by atoms with Gasteiger partial charge >= 0.3 is 5.97 Å². The van der Waals surface area contributed by atoms with Crippen molar-refractivity contribution in [2.75, 3.05) is 20.2 Å². The third-order valence-electron chi connectivity index (χ3n) is 2.87. The molecule has 0 N–H and O–H groups in total. The number of hydrogen-bond donors (Lipinski definition) is 0. The van der Waals surface area contributed by atoms with Gasteiger partial charge in [0, 0.05) is 24.7 Å². The Bertz CT molecular complexity index is 571. The molecule has 0 amide bonds. The predicted molar refractivity (Wildman–Crippen MR) is 82.9 cm³/mol. The van der Waals surface area contributed by atoms with E-state index in [1.54, 1.807) is 17.5 Å². The van der Waals surface area contributed by atoms with Gasteiger partial charge in [0.15, 0.2) is 0 Å². The van der Waals surface area contributed by atoms with E-state index < -0.39 is 0 Å². The lowest BCUT2D eigenvalue weighted by molar-refractivity contribution is -0.143. The number of ether oxygens (including phenoxy) is 1. The minimum atomic E-state index is -0.156. The Morgan fingerprint density at radius 1 is 1.43 bits per heavy atom. The van der Waals surface area contributed by atoms with Crippen molar-refractivity contribution in [3.8, 4) is 10.7 Å². The monoisotopic (exact) mass is 305 g/mol. The highest BCUT2D eigenvalue weighted by Crippen LogP contribution is 2.21. The first-order valence-corrected chi connectivity index (χ1v) is 7.77. The Labute approximate surface area is 128 Å². The summed E-state index contributed by atoms with van der Waals surface area (Å²) >= 11 is 1.59. The molecule has 0 fully saturated rings. The molecule has 0 bridgehead atoms. The second-order valence-corrected chi connectivity index (χ2v) is 5.51. The third-order valence-corrected chi connectivity index (χ3v) is 3.78. The summed E-state index contributed by atoms with van der Waals surface area (Å²) in [6.07, 6.45) is 2.17. The second-order valence-electron chi connectivity index (χ2n) is 4.65. The van der Waals surface area contributed by atoms with E-state index in [1.807, 2.05) is 37.6 Å². The number of pyridine rings is 1. The number of rotatable bonds is 7. The number of hydrogen-bond acceptors (Lipinski definition) is 6. The molecule has 0 atom stereocenters. The van der Waals surface area contributed by atoms with Gasteiger partial charge in [-0.15, -0.1) is 11.3 Å². The molecule has 0 aliphatic carbocycles. The molecule has 0 radical (unpaired) electrons. The maximum absolute atomic E-state index is 11.3. The largest absolute Gasteiger partial charge is 0.466 e. The molecule has 2 rings (SSSR count). The lowest BCUT2D eigenvalue weighted by Crippen LogP contribution is -2.22. The van der Waals surface area contributed by atoms with Crippen LogP contribution in [-0.2, 0) is 16.1 Å². The fourth-order valence-electron chi connectivity index (χ4n) is 1.86. The molecule has 0 aliphatic heterocycles. The Morgan fingerprint density at radius 3 is 3.00 bits per heavy atom. The molecule has 0 saturated carbocycles. The minimum absolute atomic E-state index is 0.156. The van der Waals surface area contributed by atoms with E-state index in [-0.39, 0.29) is 5.97 Å². The number of nitrogens with zero attached hydrogens (tertiary/aromatic N) is 3. The summed E-state index contributed by atoms with van der Waals surface area (Å²) in [4.78, 5) is 22.3. The quantitative estimate of drug-likeness (QED) is 0.736. The molecule has 2 aromatic heterocycles. The number of carbonyl (C=O) groups excluding carboxylic acids is 1. The van der Waals surface area contributed by atoms with Crippen LogP contribution in [0.2, 0.25) is 0 Å². The fourth-order valence-corrected chi connectivity index (χ4v) is 2.64. The molecule has 21 heavy (non-hydrogen) atoms. The van der Waals surface area contributed by atoms with Gasteiger partial charge in [-0.25, -0.2) is 4.98 Å². The standard InChI is InChI=1S/C15H19N3O2S/c1-3-20-14(19)7-9-18(2)10-12-11-21-15(17-12)13-6-4-5-8-16-13/h4-6,8,11H,3,7,9-10H2,1-2H3. The van der Waals surface area contributed by atoms with Crippen LogP contribution in [0.25, 0.3) is 10.7 Å². The molecule has 0 saturated heterocycles. The summed E-state index contributed by atoms with van der Waals surface area (Å²) in [5, 5.41) is 2.95. The first kappa shape index (κ1) is 15.6. The van der Waals surface area contributed by atoms with Crippen molar-refractivity contribution >= 4 is 17.3 Å². The molecule has 112 valence electrons. The summed E-state index contributed by atoms with van der Waals surface area (Å²) in [5.74, 6) is -0.156. The van der Waals surface area contributed by atoms with Gasteiger partial charge in [0.05, 0.1) is 24.4 Å². The predicted octanol–water partition coefficient (Wildman–Crippen LogP) is 2.59. The van der Waals surface area contributed by atoms with Gasteiger partial charge in [-0.2, -0.15) is 0 Å². The molecule has 0 unspecified atom stereocenters. The number of carbonyl (C=O) groups is 1. The van der Waals surface area contributed by atoms with Crippen LogP contribution in [0.15, 0.2) is 29.8 Å². The zero-order valence-corrected chi connectivity index (χ0v) is 13.1. The Morgan fingerprint density at radius 2 is 2.29 bits per heavy atom. The topological polar surface area (TPSA) is 55.3 Å². The summed E-state index contributed by atoms with van der Waals surface area (Å²) in [5.41, 5.74) is 1.88. The zero-order valence-electron chi connectivity index (χ0n) is 12.3. The molecule has 2 aromatic rings. The van der Waals surface area contributed by atoms with Crippen LogP contribution in [0.3, 0.4) is 0 Å². The van der Waals surface area contributed by atoms with Gasteiger partial charge < -0.3 is 4.74 Å². The van der Waals surface area contributed by atoms with Crippen molar-refractivity contribution in [3.05, 3.63) is 35.5 Å². The van der Waals surface area contributed by atoms with Gasteiger partial charge in [0.2, 0.25) is 0 Å². The van der Waals surface area contributed by atoms with Crippen LogP contribution in [0.1, 0.15) is 19.0 Å². The average Bonchev–Trinajstić information content (AvgIpc) is 2.95. The number of thiazole rings is 1. The molecule has 0 aliphatic rings. The van der Waals surface area contributed by atoms with Crippen LogP contribution in [0.4, 0.5) is 0 Å². The molecule has 2 heterocycles. The first-order chi connectivity index (χ1) is 10.2. The van der Waals surface area contributed by atoms with Gasteiger partial charge in [-0.1, -0.05) is 6.07 Å².